The van der Waals surface area contributed by atoms with Crippen molar-refractivity contribution in [3.8, 4) is 16.9 Å². The highest BCUT2D eigenvalue weighted by Gasteiger charge is 2.28. The molecule has 0 aliphatic carbocycles. The number of nitrogens with zero attached hydrogens (tertiary/aromatic N) is 1. The molecular formula is C21H15NO2S. The van der Waals surface area contributed by atoms with Crippen LogP contribution in [-0.2, 0) is 11.1 Å². The average Bonchev–Trinajstić information content (AvgIpc) is 2.63. The smallest absolute Gasteiger partial charge is 0.241 e. The Morgan fingerprint density at radius 2 is 1.60 bits per heavy atom. The van der Waals surface area contributed by atoms with Crippen LogP contribution in [0.25, 0.3) is 32.7 Å². The molecule has 1 atom stereocenters. The normalized spacial score (nSPS) is 15.7. The number of fused-ring (bicyclic) bond motifs is 7. The Hall–Kier alpha value is -2.72. The molecule has 1 aliphatic rings. The lowest BCUT2D eigenvalue weighted by atomic mass is 9.90. The highest BCUT2D eigenvalue weighted by molar-refractivity contribution is 7.80. The maximum Gasteiger partial charge on any atom is 0.241 e. The fourth-order valence-corrected chi connectivity index (χ4v) is 4.82. The molecule has 1 aliphatic heterocycles. The van der Waals surface area contributed by atoms with Gasteiger partial charge in [0.25, 0.3) is 0 Å². The van der Waals surface area contributed by atoms with E-state index in [0.717, 1.165) is 43.3 Å². The maximum absolute atomic E-state index is 12.8. The predicted octanol–water partition coefficient (Wildman–Crippen LogP) is 5.09. The van der Waals surface area contributed by atoms with Crippen LogP contribution < -0.4 is 4.18 Å². The standard InChI is InChI=1S/C21H15NO2S/c1-12-9-18-20(16-6-4-3-5-14(12)16)21-17-11-22-8-7-15(17)13(2)10-19(21)25(23)24-18/h3-11H,1-2H3. The van der Waals surface area contributed by atoms with Gasteiger partial charge in [-0.3, -0.25) is 4.98 Å². The van der Waals surface area contributed by atoms with Crippen molar-refractivity contribution in [2.75, 3.05) is 0 Å². The first-order chi connectivity index (χ1) is 12.1. The molecule has 4 heteroatoms. The lowest BCUT2D eigenvalue weighted by Crippen LogP contribution is -2.11. The molecule has 0 saturated carbocycles. The molecule has 4 aromatic rings. The van der Waals surface area contributed by atoms with E-state index in [4.69, 9.17) is 4.18 Å². The molecule has 0 amide bonds. The van der Waals surface area contributed by atoms with Gasteiger partial charge in [-0.2, -0.15) is 0 Å². The Morgan fingerprint density at radius 3 is 2.44 bits per heavy atom. The number of aryl methyl sites for hydroxylation is 2. The van der Waals surface area contributed by atoms with Gasteiger partial charge in [0.1, 0.15) is 5.75 Å². The summed E-state index contributed by atoms with van der Waals surface area (Å²) in [7, 11) is 0. The summed E-state index contributed by atoms with van der Waals surface area (Å²) in [4.78, 5) is 5.04. The van der Waals surface area contributed by atoms with Crippen molar-refractivity contribution in [3.63, 3.8) is 0 Å². The first-order valence-electron chi connectivity index (χ1n) is 8.15. The van der Waals surface area contributed by atoms with Crippen LogP contribution in [0.4, 0.5) is 0 Å². The van der Waals surface area contributed by atoms with E-state index in [-0.39, 0.29) is 0 Å². The monoisotopic (exact) mass is 345 g/mol. The van der Waals surface area contributed by atoms with E-state index in [1.807, 2.05) is 43.5 Å². The van der Waals surface area contributed by atoms with Gasteiger partial charge in [0.2, 0.25) is 11.1 Å². The Morgan fingerprint density at radius 1 is 0.880 bits per heavy atom. The van der Waals surface area contributed by atoms with E-state index in [1.165, 1.54) is 5.39 Å². The van der Waals surface area contributed by atoms with Gasteiger partial charge in [-0.25, -0.2) is 4.21 Å². The van der Waals surface area contributed by atoms with Crippen LogP contribution in [-0.4, -0.2) is 9.19 Å². The number of hydrogen-bond acceptors (Lipinski definition) is 3. The van der Waals surface area contributed by atoms with Crippen LogP contribution in [0.5, 0.6) is 5.75 Å². The lowest BCUT2D eigenvalue weighted by molar-refractivity contribution is 0.559. The molecule has 1 aromatic heterocycles. The minimum absolute atomic E-state index is 0.677. The van der Waals surface area contributed by atoms with Crippen LogP contribution in [0, 0.1) is 13.8 Å². The summed E-state index contributed by atoms with van der Waals surface area (Å²) in [5.41, 5.74) is 4.18. The van der Waals surface area contributed by atoms with Gasteiger partial charge in [0.05, 0.1) is 4.90 Å². The molecule has 0 N–H and O–H groups in total. The third kappa shape index (κ3) is 1.98. The maximum atomic E-state index is 12.8. The summed E-state index contributed by atoms with van der Waals surface area (Å²) < 4.78 is 18.6. The third-order valence-corrected chi connectivity index (χ3v) is 5.93. The number of rotatable bonds is 0. The van der Waals surface area contributed by atoms with Crippen LogP contribution in [0.1, 0.15) is 11.1 Å². The quantitative estimate of drug-likeness (QED) is 0.446. The first kappa shape index (κ1) is 14.6. The molecule has 0 bridgehead atoms. The zero-order valence-corrected chi connectivity index (χ0v) is 14.7. The molecule has 0 spiro atoms. The van der Waals surface area contributed by atoms with Crippen LogP contribution in [0.2, 0.25) is 0 Å². The number of hydrogen-bond donors (Lipinski definition) is 0. The Labute approximate surface area is 147 Å². The Bertz CT molecular complexity index is 1210. The zero-order chi connectivity index (χ0) is 17.1. The van der Waals surface area contributed by atoms with Gasteiger partial charge in [0.15, 0.2) is 0 Å². The summed E-state index contributed by atoms with van der Waals surface area (Å²) in [6.45, 7) is 4.09. The summed E-state index contributed by atoms with van der Waals surface area (Å²) in [5, 5.41) is 4.44. The van der Waals surface area contributed by atoms with E-state index >= 15 is 0 Å². The van der Waals surface area contributed by atoms with Crippen LogP contribution in [0.3, 0.4) is 0 Å². The lowest BCUT2D eigenvalue weighted by Gasteiger charge is -2.24. The van der Waals surface area contributed by atoms with Gasteiger partial charge in [0, 0.05) is 28.9 Å². The molecule has 3 nitrogen and oxygen atoms in total. The number of pyridine rings is 1. The molecule has 5 rings (SSSR count). The minimum Gasteiger partial charge on any atom is -0.396 e. The molecule has 25 heavy (non-hydrogen) atoms. The molecule has 3 aromatic carbocycles. The SMILES string of the molecule is Cc1cc2c(c3ccccc13)-c1c(cc(C)c3ccncc13)S(=O)O2. The fraction of sp³-hybridized carbons (Fsp3) is 0.0952. The van der Waals surface area contributed by atoms with Crippen molar-refractivity contribution in [1.82, 2.24) is 4.98 Å². The molecule has 1 unspecified atom stereocenters. The summed E-state index contributed by atoms with van der Waals surface area (Å²) in [6.07, 6.45) is 3.66. The highest BCUT2D eigenvalue weighted by Crippen LogP contribution is 2.48. The number of benzene rings is 3. The first-order valence-corrected chi connectivity index (χ1v) is 9.23. The van der Waals surface area contributed by atoms with E-state index < -0.39 is 11.1 Å². The van der Waals surface area contributed by atoms with Gasteiger partial charge in [-0.15, -0.1) is 0 Å². The molecule has 122 valence electrons. The molecule has 2 heterocycles. The topological polar surface area (TPSA) is 39.2 Å². The summed E-state index contributed by atoms with van der Waals surface area (Å²) in [5.74, 6) is 0.677. The van der Waals surface area contributed by atoms with Crippen molar-refractivity contribution in [3.05, 3.63) is 66.0 Å². The second kappa shape index (κ2) is 5.14. The highest BCUT2D eigenvalue weighted by atomic mass is 32.2. The molecule has 0 fully saturated rings. The molecule has 0 radical (unpaired) electrons. The zero-order valence-electron chi connectivity index (χ0n) is 13.9. The van der Waals surface area contributed by atoms with Crippen LogP contribution in [0.15, 0.2) is 59.8 Å². The van der Waals surface area contributed by atoms with E-state index in [0.29, 0.717) is 5.75 Å². The second-order valence-corrected chi connectivity index (χ2v) is 7.49. The van der Waals surface area contributed by atoms with Crippen molar-refractivity contribution < 1.29 is 8.39 Å². The Kier molecular flexibility index (Phi) is 3.00. The van der Waals surface area contributed by atoms with Gasteiger partial charge in [-0.1, -0.05) is 24.3 Å². The predicted molar refractivity (Wildman–Crippen MR) is 101 cm³/mol. The van der Waals surface area contributed by atoms with Crippen molar-refractivity contribution in [2.45, 2.75) is 18.7 Å². The average molecular weight is 345 g/mol. The van der Waals surface area contributed by atoms with Gasteiger partial charge >= 0.3 is 0 Å². The van der Waals surface area contributed by atoms with Gasteiger partial charge < -0.3 is 4.18 Å². The molecular weight excluding hydrogens is 330 g/mol. The van der Waals surface area contributed by atoms with E-state index in [1.54, 1.807) is 6.20 Å². The van der Waals surface area contributed by atoms with E-state index in [9.17, 15) is 4.21 Å². The van der Waals surface area contributed by atoms with E-state index in [2.05, 4.69) is 24.0 Å². The molecule has 0 saturated heterocycles. The largest absolute Gasteiger partial charge is 0.396 e. The summed E-state index contributed by atoms with van der Waals surface area (Å²) in [6, 6.07) is 14.3. The van der Waals surface area contributed by atoms with Crippen molar-refractivity contribution >= 4 is 32.6 Å². The number of aromatic nitrogens is 1. The van der Waals surface area contributed by atoms with Crippen molar-refractivity contribution in [2.24, 2.45) is 0 Å². The Balaban J connectivity index is 2.05. The van der Waals surface area contributed by atoms with Gasteiger partial charge in [-0.05, 0) is 59.3 Å². The minimum atomic E-state index is -1.52. The third-order valence-electron chi connectivity index (χ3n) is 4.92. The fourth-order valence-electron chi connectivity index (χ4n) is 3.78. The second-order valence-electron chi connectivity index (χ2n) is 6.42. The summed E-state index contributed by atoms with van der Waals surface area (Å²) >= 11 is -1.52. The van der Waals surface area contributed by atoms with Crippen LogP contribution >= 0.6 is 0 Å². The van der Waals surface area contributed by atoms with Crippen molar-refractivity contribution in [1.29, 1.82) is 0 Å².